The number of fused-ring (bicyclic) bond motifs is 3. The predicted octanol–water partition coefficient (Wildman–Crippen LogP) is 4.75. The molecule has 0 aliphatic heterocycles. The number of aromatic amines is 1. The lowest BCUT2D eigenvalue weighted by Crippen LogP contribution is -1.79. The van der Waals surface area contributed by atoms with Crippen LogP contribution in [0.3, 0.4) is 0 Å². The highest BCUT2D eigenvalue weighted by molar-refractivity contribution is 6.06. The third-order valence-electron chi connectivity index (χ3n) is 3.58. The maximum Gasteiger partial charge on any atom is 0.101 e. The normalized spacial score (nSPS) is 9.65. The molecule has 3 aromatic carbocycles. The first-order valence-corrected chi connectivity index (χ1v) is 7.18. The molecule has 23 heavy (non-hydrogen) atoms. The molecule has 4 rings (SSSR count). The van der Waals surface area contributed by atoms with Gasteiger partial charge in [-0.3, -0.25) is 0 Å². The zero-order valence-electron chi connectivity index (χ0n) is 12.3. The van der Waals surface area contributed by atoms with Crippen molar-refractivity contribution in [3.8, 4) is 12.1 Å². The average Bonchev–Trinajstić information content (AvgIpc) is 3.01. The Balaban J connectivity index is 0.000000142. The van der Waals surface area contributed by atoms with Crippen molar-refractivity contribution in [2.45, 2.75) is 0 Å². The van der Waals surface area contributed by atoms with E-state index >= 15 is 0 Å². The molecule has 0 aliphatic carbocycles. The van der Waals surface area contributed by atoms with Gasteiger partial charge in [0.2, 0.25) is 0 Å². The number of hydrogen-bond donors (Lipinski definition) is 1. The van der Waals surface area contributed by atoms with Crippen LogP contribution in [0.2, 0.25) is 0 Å². The van der Waals surface area contributed by atoms with Gasteiger partial charge in [0, 0.05) is 21.8 Å². The van der Waals surface area contributed by atoms with Gasteiger partial charge in [0.25, 0.3) is 0 Å². The minimum Gasteiger partial charge on any atom is -0.355 e. The third kappa shape index (κ3) is 2.90. The summed E-state index contributed by atoms with van der Waals surface area (Å²) in [7, 11) is 0. The van der Waals surface area contributed by atoms with Crippen molar-refractivity contribution in [3.63, 3.8) is 0 Å². The molecule has 108 valence electrons. The highest BCUT2D eigenvalue weighted by Gasteiger charge is 2.00. The Morgan fingerprint density at radius 3 is 1.39 bits per heavy atom. The summed E-state index contributed by atoms with van der Waals surface area (Å²) in [5, 5.41) is 19.5. The van der Waals surface area contributed by atoms with Crippen molar-refractivity contribution in [2.24, 2.45) is 0 Å². The molecule has 0 atom stereocenters. The Kier molecular flexibility index (Phi) is 4.05. The predicted molar refractivity (Wildman–Crippen MR) is 91.7 cm³/mol. The number of rotatable bonds is 0. The minimum absolute atomic E-state index is 0.435. The van der Waals surface area contributed by atoms with E-state index in [4.69, 9.17) is 10.5 Å². The van der Waals surface area contributed by atoms with E-state index in [1.54, 1.807) is 24.3 Å². The van der Waals surface area contributed by atoms with Gasteiger partial charge < -0.3 is 4.98 Å². The molecule has 0 saturated heterocycles. The van der Waals surface area contributed by atoms with Crippen LogP contribution >= 0.6 is 0 Å². The molecule has 0 fully saturated rings. The molecule has 3 nitrogen and oxygen atoms in total. The third-order valence-corrected chi connectivity index (χ3v) is 3.58. The van der Waals surface area contributed by atoms with Gasteiger partial charge in [-0.25, -0.2) is 0 Å². The maximum atomic E-state index is 8.45. The summed E-state index contributed by atoms with van der Waals surface area (Å²) in [5.41, 5.74) is 3.29. The quantitative estimate of drug-likeness (QED) is 0.508. The van der Waals surface area contributed by atoms with Crippen LogP contribution in [-0.4, -0.2) is 4.98 Å². The van der Waals surface area contributed by atoms with Crippen molar-refractivity contribution in [2.75, 3.05) is 0 Å². The van der Waals surface area contributed by atoms with Gasteiger partial charge in [0.15, 0.2) is 0 Å². The van der Waals surface area contributed by atoms with E-state index in [9.17, 15) is 0 Å². The molecule has 1 N–H and O–H groups in total. The van der Waals surface area contributed by atoms with Gasteiger partial charge in [-0.15, -0.1) is 0 Å². The second-order valence-corrected chi connectivity index (χ2v) is 4.99. The van der Waals surface area contributed by atoms with Gasteiger partial charge in [-0.1, -0.05) is 48.5 Å². The molecule has 0 bridgehead atoms. The smallest absolute Gasteiger partial charge is 0.101 e. The van der Waals surface area contributed by atoms with Gasteiger partial charge in [0.05, 0.1) is 11.1 Å². The van der Waals surface area contributed by atoms with Crippen LogP contribution < -0.4 is 0 Å². The van der Waals surface area contributed by atoms with E-state index in [0.717, 1.165) is 0 Å². The van der Waals surface area contributed by atoms with E-state index in [1.807, 2.05) is 12.1 Å². The molecule has 1 heterocycles. The SMILES string of the molecule is N#Cc1ccccc1C#N.c1ccc2c(c1)[nH]c1ccccc12. The fourth-order valence-electron chi connectivity index (χ4n) is 2.48. The molecule has 0 radical (unpaired) electrons. The van der Waals surface area contributed by atoms with Crippen molar-refractivity contribution in [3.05, 3.63) is 83.9 Å². The van der Waals surface area contributed by atoms with Crippen LogP contribution in [0.15, 0.2) is 72.8 Å². The molecular weight excluding hydrogens is 282 g/mol. The molecule has 0 saturated carbocycles. The first kappa shape index (κ1) is 14.4. The van der Waals surface area contributed by atoms with E-state index in [2.05, 4.69) is 53.5 Å². The van der Waals surface area contributed by atoms with Crippen LogP contribution in [-0.2, 0) is 0 Å². The lowest BCUT2D eigenvalue weighted by Gasteiger charge is -1.88. The number of aromatic nitrogens is 1. The van der Waals surface area contributed by atoms with Gasteiger partial charge in [-0.2, -0.15) is 10.5 Å². The number of nitriles is 2. The summed E-state index contributed by atoms with van der Waals surface area (Å²) in [6, 6.07) is 27.3. The Labute approximate surface area is 134 Å². The standard InChI is InChI=1S/C12H9N.C8H4N2/c1-3-7-11-9(5-1)10-6-2-4-8-12(10)13-11;9-5-7-3-1-2-4-8(7)6-10/h1-8,13H;1-4H. The van der Waals surface area contributed by atoms with E-state index in [0.29, 0.717) is 11.1 Å². The zero-order chi connectivity index (χ0) is 16.1. The highest BCUT2D eigenvalue weighted by Crippen LogP contribution is 2.24. The summed E-state index contributed by atoms with van der Waals surface area (Å²) >= 11 is 0. The Bertz CT molecular complexity index is 962. The summed E-state index contributed by atoms with van der Waals surface area (Å²) in [6.07, 6.45) is 0. The maximum absolute atomic E-state index is 8.45. The Hall–Kier alpha value is -3.56. The second kappa shape index (κ2) is 6.47. The molecule has 3 heteroatoms. The lowest BCUT2D eigenvalue weighted by molar-refractivity contribution is 1.43. The molecule has 0 amide bonds. The molecular formula is C20H13N3. The van der Waals surface area contributed by atoms with Gasteiger partial charge >= 0.3 is 0 Å². The van der Waals surface area contributed by atoms with Crippen molar-refractivity contribution < 1.29 is 0 Å². The van der Waals surface area contributed by atoms with Crippen molar-refractivity contribution in [1.82, 2.24) is 4.98 Å². The molecule has 0 unspecified atom stereocenters. The zero-order valence-corrected chi connectivity index (χ0v) is 12.3. The first-order chi connectivity index (χ1) is 11.3. The number of para-hydroxylation sites is 2. The summed E-state index contributed by atoms with van der Waals surface area (Å²) in [6.45, 7) is 0. The second-order valence-electron chi connectivity index (χ2n) is 4.99. The van der Waals surface area contributed by atoms with E-state index in [1.165, 1.54) is 21.8 Å². The van der Waals surface area contributed by atoms with E-state index in [-0.39, 0.29) is 0 Å². The minimum atomic E-state index is 0.435. The first-order valence-electron chi connectivity index (χ1n) is 7.18. The average molecular weight is 295 g/mol. The number of nitrogens with zero attached hydrogens (tertiary/aromatic N) is 2. The van der Waals surface area contributed by atoms with Crippen molar-refractivity contribution >= 4 is 21.8 Å². The van der Waals surface area contributed by atoms with Gasteiger partial charge in [0.1, 0.15) is 12.1 Å². The molecule has 4 aromatic rings. The van der Waals surface area contributed by atoms with Crippen LogP contribution in [0.25, 0.3) is 21.8 Å². The highest BCUT2D eigenvalue weighted by atomic mass is 14.7. The Morgan fingerprint density at radius 2 is 0.957 bits per heavy atom. The summed E-state index contributed by atoms with van der Waals surface area (Å²) < 4.78 is 0. The van der Waals surface area contributed by atoms with Crippen LogP contribution in [0.4, 0.5) is 0 Å². The monoisotopic (exact) mass is 295 g/mol. The summed E-state index contributed by atoms with van der Waals surface area (Å²) in [5.74, 6) is 0. The lowest BCUT2D eigenvalue weighted by atomic mass is 10.1. The Morgan fingerprint density at radius 1 is 0.565 bits per heavy atom. The molecule has 0 aliphatic rings. The molecule has 0 spiro atoms. The summed E-state index contributed by atoms with van der Waals surface area (Å²) in [4.78, 5) is 3.38. The topological polar surface area (TPSA) is 63.4 Å². The number of nitrogens with one attached hydrogen (secondary N) is 1. The van der Waals surface area contributed by atoms with Crippen molar-refractivity contribution in [1.29, 1.82) is 10.5 Å². The fourth-order valence-corrected chi connectivity index (χ4v) is 2.48. The number of benzene rings is 3. The van der Waals surface area contributed by atoms with Crippen LogP contribution in [0.1, 0.15) is 11.1 Å². The largest absolute Gasteiger partial charge is 0.355 e. The van der Waals surface area contributed by atoms with E-state index < -0.39 is 0 Å². The van der Waals surface area contributed by atoms with Crippen LogP contribution in [0.5, 0.6) is 0 Å². The number of hydrogen-bond acceptors (Lipinski definition) is 2. The van der Waals surface area contributed by atoms with Gasteiger partial charge in [-0.05, 0) is 24.3 Å². The van der Waals surface area contributed by atoms with Crippen LogP contribution in [0, 0.1) is 22.7 Å². The molecule has 1 aromatic heterocycles. The number of H-pyrrole nitrogens is 1. The fraction of sp³-hybridized carbons (Fsp3) is 0.